The fraction of sp³-hybridized carbons (Fsp3) is 0.576. The molecule has 1 heterocycles. The Morgan fingerprint density at radius 2 is 1.58 bits per heavy atom. The van der Waals surface area contributed by atoms with Crippen LogP contribution in [-0.2, 0) is 25.5 Å². The maximum atomic E-state index is 11.7. The average Bonchev–Trinajstić information content (AvgIpc) is 4.03. The summed E-state index contributed by atoms with van der Waals surface area (Å²) in [5, 5.41) is 7.40. The highest BCUT2D eigenvalue weighted by Gasteiger charge is 2.53. The maximum absolute atomic E-state index is 11.7. The van der Waals surface area contributed by atoms with E-state index in [1.54, 1.807) is 6.92 Å². The molecule has 1 saturated carbocycles. The van der Waals surface area contributed by atoms with Gasteiger partial charge in [0.1, 0.15) is 23.4 Å². The van der Waals surface area contributed by atoms with Crippen molar-refractivity contribution in [1.82, 2.24) is 20.3 Å². The molecule has 9 nitrogen and oxygen atoms in total. The molecule has 3 aromatic rings. The molecule has 1 aliphatic carbocycles. The first-order valence-corrected chi connectivity index (χ1v) is 26.7. The molecule has 10 heteroatoms. The van der Waals surface area contributed by atoms with Gasteiger partial charge in [0, 0.05) is 33.4 Å². The monoisotopic (exact) mass is 971 g/mol. The van der Waals surface area contributed by atoms with Gasteiger partial charge >= 0.3 is 0 Å². The summed E-state index contributed by atoms with van der Waals surface area (Å²) in [6, 6.07) is 18.7. The number of aldehydes is 1. The number of ether oxygens (including phenoxy) is 2. The Labute approximate surface area is 422 Å². The van der Waals surface area contributed by atoms with Gasteiger partial charge in [0.2, 0.25) is 0 Å². The molecule has 0 amide bonds. The minimum absolute atomic E-state index is 0.00482. The number of rotatable bonds is 26. The number of ketones is 1. The summed E-state index contributed by atoms with van der Waals surface area (Å²) in [6.45, 7) is 36.6. The van der Waals surface area contributed by atoms with E-state index in [4.69, 9.17) is 9.72 Å². The van der Waals surface area contributed by atoms with Crippen LogP contribution in [0.25, 0.3) is 22.2 Å². The zero-order chi connectivity index (χ0) is 52.4. The van der Waals surface area contributed by atoms with Crippen LogP contribution < -0.4 is 20.1 Å². The van der Waals surface area contributed by atoms with Gasteiger partial charge < -0.3 is 24.9 Å². The van der Waals surface area contributed by atoms with Gasteiger partial charge in [0.05, 0.1) is 28.9 Å². The smallest absolute Gasteiger partial charge is 0.293 e. The number of carbonyl (C=O) groups is 3. The number of nitrogens with zero attached hydrogens (tertiary/aromatic N) is 1. The first kappa shape index (κ1) is 62.6. The van der Waals surface area contributed by atoms with Crippen molar-refractivity contribution in [2.24, 2.45) is 17.3 Å². The second-order valence-electron chi connectivity index (χ2n) is 20.7. The lowest BCUT2D eigenvalue weighted by molar-refractivity contribution is -0.138. The Balaban J connectivity index is 0.000000578. The summed E-state index contributed by atoms with van der Waals surface area (Å²) in [6.07, 6.45) is 18.7. The Morgan fingerprint density at radius 3 is 2.03 bits per heavy atom. The fourth-order valence-electron chi connectivity index (χ4n) is 8.09. The summed E-state index contributed by atoms with van der Waals surface area (Å²) in [5.74, 6) is 5.63. The lowest BCUT2D eigenvalue weighted by atomic mass is 9.85. The molecule has 3 N–H and O–H groups in total. The van der Waals surface area contributed by atoms with Gasteiger partial charge in [-0.3, -0.25) is 14.3 Å². The van der Waals surface area contributed by atoms with E-state index in [1.807, 2.05) is 65.2 Å². The standard InChI is InChI=1S/C31H36N2O2.C15H31NS.C8H17NO.C5H10O2/c1-6-23-14-15-27-29(17-23)32-28(24-12-10-9-11-13-24)18-30(27)35-26(8-3)16-21(4)22(5)33-31(20-34)19-25(31)7-2;1-6-8-9-10-11-12-13-14-15(3,7-2)17(5)16-4;1-6(10)7(9-5)8(2,3)4;1-5(2,3)7-4-6/h7,9-15,17-18,20-21,25-26,33H,2,5-6,8,16,19H2,1,3-4H3;6,16H,1,5,7-14H2,2-4H3;7,9H,1-5H3;4H,1-3H3/t21-,25-,26?,31?;;7-;/m0.1./s1. The molecule has 0 saturated heterocycles. The predicted molar refractivity (Wildman–Crippen MR) is 299 cm³/mol. The van der Waals surface area contributed by atoms with Crippen molar-refractivity contribution in [2.45, 2.75) is 188 Å². The second-order valence-corrected chi connectivity index (χ2v) is 22.9. The molecule has 0 aliphatic heterocycles. The van der Waals surface area contributed by atoms with E-state index in [0.717, 1.165) is 65.6 Å². The van der Waals surface area contributed by atoms with Gasteiger partial charge in [-0.2, -0.15) is 0 Å². The molecule has 7 atom stereocenters. The van der Waals surface area contributed by atoms with Gasteiger partial charge in [-0.25, -0.2) is 4.98 Å². The maximum Gasteiger partial charge on any atom is 0.293 e. The number of unbranched alkanes of at least 4 members (excludes halogenated alkanes) is 5. The zero-order valence-electron chi connectivity index (χ0n) is 45.5. The third-order valence-corrected chi connectivity index (χ3v) is 15.1. The van der Waals surface area contributed by atoms with E-state index in [9.17, 15) is 14.4 Å². The molecule has 2 aromatic carbocycles. The van der Waals surface area contributed by atoms with Crippen LogP contribution in [0.1, 0.15) is 159 Å². The van der Waals surface area contributed by atoms with Gasteiger partial charge in [-0.1, -0.05) is 135 Å². The molecule has 69 heavy (non-hydrogen) atoms. The Hall–Kier alpha value is -4.38. The molecule has 1 aromatic heterocycles. The number of Topliss-reactive ketones (excluding diaryl/α,β-unsaturated/α-hetero) is 1. The zero-order valence-corrected chi connectivity index (χ0v) is 46.3. The third kappa shape index (κ3) is 22.1. The summed E-state index contributed by atoms with van der Waals surface area (Å²) >= 11 is 0. The van der Waals surface area contributed by atoms with E-state index in [2.05, 4.69) is 137 Å². The van der Waals surface area contributed by atoms with Crippen molar-refractivity contribution in [3.8, 4) is 17.0 Å². The van der Waals surface area contributed by atoms with Crippen LogP contribution in [0.15, 0.2) is 92.2 Å². The number of nitrogens with one attached hydrogen (secondary N) is 3. The van der Waals surface area contributed by atoms with Gasteiger partial charge in [0.15, 0.2) is 0 Å². The van der Waals surface area contributed by atoms with Crippen LogP contribution >= 0.6 is 10.7 Å². The number of aromatic nitrogens is 1. The van der Waals surface area contributed by atoms with E-state index in [0.29, 0.717) is 11.2 Å². The molecule has 386 valence electrons. The minimum Gasteiger partial charge on any atom is -0.490 e. The molecule has 0 bridgehead atoms. The number of likely N-dealkylation sites (N-methyl/N-ethyl adjacent to an activating group) is 1. The van der Waals surface area contributed by atoms with E-state index < -0.39 is 5.54 Å². The number of aryl methyl sites for hydroxylation is 1. The van der Waals surface area contributed by atoms with Crippen molar-refractivity contribution in [3.05, 3.63) is 97.7 Å². The molecule has 4 rings (SSSR count). The summed E-state index contributed by atoms with van der Waals surface area (Å²) < 4.78 is 14.9. The first-order valence-electron chi connectivity index (χ1n) is 25.3. The fourth-order valence-corrected chi connectivity index (χ4v) is 9.32. The van der Waals surface area contributed by atoms with Gasteiger partial charge in [-0.15, -0.1) is 23.8 Å². The van der Waals surface area contributed by atoms with Crippen LogP contribution in [0.4, 0.5) is 0 Å². The molecule has 0 radical (unpaired) electrons. The van der Waals surface area contributed by atoms with E-state index in [-0.39, 0.29) is 51.5 Å². The molecular weight excluding hydrogens is 877 g/mol. The molecule has 1 fully saturated rings. The number of hydrogen-bond donors (Lipinski definition) is 3. The highest BCUT2D eigenvalue weighted by Crippen LogP contribution is 2.44. The predicted octanol–water partition coefficient (Wildman–Crippen LogP) is 14.0. The molecule has 4 unspecified atom stereocenters. The first-order chi connectivity index (χ1) is 32.5. The van der Waals surface area contributed by atoms with Crippen molar-refractivity contribution in [3.63, 3.8) is 0 Å². The van der Waals surface area contributed by atoms with Crippen molar-refractivity contribution in [1.29, 1.82) is 0 Å². The van der Waals surface area contributed by atoms with Crippen molar-refractivity contribution in [2.75, 3.05) is 14.1 Å². The van der Waals surface area contributed by atoms with Crippen LogP contribution in [0.3, 0.4) is 0 Å². The highest BCUT2D eigenvalue weighted by atomic mass is 32.2. The number of allylic oxidation sites excluding steroid dienone is 2. The van der Waals surface area contributed by atoms with Gasteiger partial charge in [-0.05, 0) is 129 Å². The normalized spacial score (nSPS) is 17.7. The molecular formula is C59H94N4O5S. The lowest BCUT2D eigenvalue weighted by Gasteiger charge is -2.31. The third-order valence-electron chi connectivity index (χ3n) is 12.9. The van der Waals surface area contributed by atoms with Crippen LogP contribution in [0.2, 0.25) is 0 Å². The number of hydrogen-bond acceptors (Lipinski definition) is 9. The largest absolute Gasteiger partial charge is 0.490 e. The topological polar surface area (TPSA) is 119 Å². The van der Waals surface area contributed by atoms with E-state index in [1.165, 1.54) is 56.9 Å². The van der Waals surface area contributed by atoms with Crippen molar-refractivity contribution >= 4 is 46.0 Å². The second kappa shape index (κ2) is 31.1. The van der Waals surface area contributed by atoms with Crippen LogP contribution in [-0.4, -0.2) is 71.5 Å². The van der Waals surface area contributed by atoms with Gasteiger partial charge in [0.25, 0.3) is 6.47 Å². The number of benzene rings is 2. The molecule has 1 aliphatic rings. The SMILES string of the molecule is C=CCCCCCCCC(C)(CC)S(=C)NC.C=C[C@H]1CC1(C=O)NC(=C)[C@@H](C)CC(CC)Oc1cc(-c2ccccc2)nc2cc(CC)ccc12.CC(C)(C)OC=O.CN[C@H](C(C)=O)C(C)(C)C. The van der Waals surface area contributed by atoms with E-state index >= 15 is 0 Å². The van der Waals surface area contributed by atoms with Crippen LogP contribution in [0, 0.1) is 17.3 Å². The number of fused-ring (bicyclic) bond motifs is 1. The summed E-state index contributed by atoms with van der Waals surface area (Å²) in [4.78, 5) is 37.2. The minimum atomic E-state index is -0.529. The quantitative estimate of drug-likeness (QED) is 0.0313. The van der Waals surface area contributed by atoms with Crippen molar-refractivity contribution < 1.29 is 23.9 Å². The Kier molecular flexibility index (Phi) is 28.2. The average molecular weight is 971 g/mol. The number of carbonyl (C=O) groups excluding carboxylic acids is 3. The number of pyridine rings is 1. The summed E-state index contributed by atoms with van der Waals surface area (Å²) in [5.41, 5.74) is 4.24. The Bertz CT molecular complexity index is 2060. The lowest BCUT2D eigenvalue weighted by Crippen LogP contribution is -2.43. The highest BCUT2D eigenvalue weighted by molar-refractivity contribution is 8.13. The molecule has 0 spiro atoms. The van der Waals surface area contributed by atoms with Crippen LogP contribution in [0.5, 0.6) is 5.75 Å². The Morgan fingerprint density at radius 1 is 0.942 bits per heavy atom. The summed E-state index contributed by atoms with van der Waals surface area (Å²) in [7, 11) is 3.94.